The summed E-state index contributed by atoms with van der Waals surface area (Å²) in [5, 5.41) is 0. The molecular weight excluding hydrogens is 729 g/mol. The maximum absolute atomic E-state index is 13.9. The van der Waals surface area contributed by atoms with Crippen LogP contribution in [0.25, 0.3) is 0 Å². The number of rotatable bonds is 12. The van der Waals surface area contributed by atoms with Gasteiger partial charge in [-0.05, 0) is 83.9 Å². The third-order valence-electron chi connectivity index (χ3n) is 8.01. The lowest BCUT2D eigenvalue weighted by molar-refractivity contribution is 0.104. The van der Waals surface area contributed by atoms with Crippen molar-refractivity contribution in [3.63, 3.8) is 0 Å². The molecule has 0 saturated heterocycles. The minimum Gasteiger partial charge on any atom is -0.372 e. The van der Waals surface area contributed by atoms with Gasteiger partial charge in [-0.3, -0.25) is 0 Å². The van der Waals surface area contributed by atoms with E-state index in [-0.39, 0.29) is 63.5 Å². The van der Waals surface area contributed by atoms with Crippen LogP contribution >= 0.6 is 0 Å². The molecule has 6 aromatic carbocycles. The molecule has 0 unspecified atom stereocenters. The van der Waals surface area contributed by atoms with E-state index >= 15 is 0 Å². The zero-order valence-electron chi connectivity index (χ0n) is 26.7. The first-order valence-electron chi connectivity index (χ1n) is 15.4. The standard InChI is InChI=1S/C38H30O9S4/c39-48(40,31-13-5-1-6-14-31)35-23-21-29(37(25-35)50(43,44)33-17-9-3-10-18-33)27-47-28-30-22-24-36(49(41,42)32-15-7-2-8-16-32)26-38(30)51(45,46)34-19-11-4-12-20-34/h1-26H,27-28H2. The van der Waals surface area contributed by atoms with Gasteiger partial charge in [-0.15, -0.1) is 0 Å². The number of hydrogen-bond acceptors (Lipinski definition) is 9. The maximum Gasteiger partial charge on any atom is 0.206 e. The van der Waals surface area contributed by atoms with Gasteiger partial charge in [0.05, 0.1) is 52.4 Å². The van der Waals surface area contributed by atoms with E-state index in [2.05, 4.69) is 0 Å². The first-order valence-corrected chi connectivity index (χ1v) is 21.3. The van der Waals surface area contributed by atoms with Crippen LogP contribution in [0.5, 0.6) is 0 Å². The van der Waals surface area contributed by atoms with Crippen molar-refractivity contribution in [2.75, 3.05) is 0 Å². The highest BCUT2D eigenvalue weighted by Gasteiger charge is 2.28. The number of hydrogen-bond donors (Lipinski definition) is 0. The lowest BCUT2D eigenvalue weighted by Gasteiger charge is -2.16. The summed E-state index contributed by atoms with van der Waals surface area (Å²) in [5.41, 5.74) is 0.253. The van der Waals surface area contributed by atoms with E-state index in [0.717, 1.165) is 12.1 Å². The fraction of sp³-hybridized carbons (Fsp3) is 0.0526. The molecule has 260 valence electrons. The number of benzene rings is 6. The molecule has 0 spiro atoms. The first kappa shape index (κ1) is 35.9. The highest BCUT2D eigenvalue weighted by molar-refractivity contribution is 7.93. The molecular formula is C38H30O9S4. The Balaban J connectivity index is 1.39. The minimum absolute atomic E-state index is 0.0121. The monoisotopic (exact) mass is 758 g/mol. The van der Waals surface area contributed by atoms with Crippen molar-refractivity contribution in [2.24, 2.45) is 0 Å². The predicted octanol–water partition coefficient (Wildman–Crippen LogP) is 6.73. The molecule has 0 amide bonds. The summed E-state index contributed by atoms with van der Waals surface area (Å²) in [4.78, 5) is -1.22. The van der Waals surface area contributed by atoms with Crippen molar-refractivity contribution in [1.29, 1.82) is 0 Å². The molecule has 0 heterocycles. The van der Waals surface area contributed by atoms with Crippen LogP contribution in [-0.2, 0) is 57.3 Å². The Hall–Kier alpha value is -4.92. The lowest BCUT2D eigenvalue weighted by Crippen LogP contribution is -2.11. The van der Waals surface area contributed by atoms with E-state index in [0.29, 0.717) is 0 Å². The molecule has 6 rings (SSSR count). The third kappa shape index (κ3) is 7.30. The van der Waals surface area contributed by atoms with Crippen LogP contribution in [0.1, 0.15) is 11.1 Å². The smallest absolute Gasteiger partial charge is 0.206 e. The average Bonchev–Trinajstić information content (AvgIpc) is 3.16. The van der Waals surface area contributed by atoms with Crippen molar-refractivity contribution in [3.8, 4) is 0 Å². The summed E-state index contributed by atoms with van der Waals surface area (Å²) in [6.45, 7) is -0.718. The van der Waals surface area contributed by atoms with Crippen LogP contribution in [0, 0.1) is 0 Å². The van der Waals surface area contributed by atoms with Crippen molar-refractivity contribution in [2.45, 2.75) is 52.4 Å². The molecule has 0 N–H and O–H groups in total. The van der Waals surface area contributed by atoms with Gasteiger partial charge in [0.25, 0.3) is 0 Å². The predicted molar refractivity (Wildman–Crippen MR) is 189 cm³/mol. The van der Waals surface area contributed by atoms with E-state index in [1.54, 1.807) is 72.8 Å². The van der Waals surface area contributed by atoms with E-state index in [1.165, 1.54) is 72.8 Å². The molecule has 0 aliphatic carbocycles. The topological polar surface area (TPSA) is 146 Å². The largest absolute Gasteiger partial charge is 0.372 e. The van der Waals surface area contributed by atoms with E-state index < -0.39 is 39.3 Å². The SMILES string of the molecule is O=S(=O)(c1ccccc1)c1ccc(COCc2ccc(S(=O)(=O)c3ccccc3)cc2S(=O)(=O)c2ccccc2)c(S(=O)(=O)c2ccccc2)c1. The van der Waals surface area contributed by atoms with Gasteiger partial charge >= 0.3 is 0 Å². The Labute approximate surface area is 297 Å². The van der Waals surface area contributed by atoms with Gasteiger partial charge in [-0.2, -0.15) is 0 Å². The lowest BCUT2D eigenvalue weighted by atomic mass is 10.2. The fourth-order valence-electron chi connectivity index (χ4n) is 5.34. The van der Waals surface area contributed by atoms with Gasteiger partial charge in [0.15, 0.2) is 0 Å². The minimum atomic E-state index is -4.25. The van der Waals surface area contributed by atoms with Crippen molar-refractivity contribution >= 4 is 39.3 Å². The highest BCUT2D eigenvalue weighted by atomic mass is 32.2. The summed E-state index contributed by atoms with van der Waals surface area (Å²) >= 11 is 0. The zero-order valence-corrected chi connectivity index (χ0v) is 30.0. The Morgan fingerprint density at radius 1 is 0.314 bits per heavy atom. The third-order valence-corrected chi connectivity index (χ3v) is 15.2. The van der Waals surface area contributed by atoms with Gasteiger partial charge in [0, 0.05) is 0 Å². The molecule has 0 atom stereocenters. The van der Waals surface area contributed by atoms with Crippen molar-refractivity contribution < 1.29 is 38.4 Å². The molecule has 6 aromatic rings. The molecule has 0 radical (unpaired) electrons. The van der Waals surface area contributed by atoms with Crippen LogP contribution in [-0.4, -0.2) is 33.7 Å². The number of sulfone groups is 4. The summed E-state index contributed by atoms with van der Waals surface area (Å²) in [7, 11) is -16.7. The Kier molecular flexibility index (Phi) is 10.1. The fourth-order valence-corrected chi connectivity index (χ4v) is 11.2. The van der Waals surface area contributed by atoms with Gasteiger partial charge in [-0.25, -0.2) is 33.7 Å². The molecule has 0 bridgehead atoms. The highest BCUT2D eigenvalue weighted by Crippen LogP contribution is 2.32. The van der Waals surface area contributed by atoms with Gasteiger partial charge < -0.3 is 4.74 Å². The summed E-state index contributed by atoms with van der Waals surface area (Å²) in [6.07, 6.45) is 0. The van der Waals surface area contributed by atoms with E-state index in [4.69, 9.17) is 4.74 Å². The maximum atomic E-state index is 13.9. The van der Waals surface area contributed by atoms with Gasteiger partial charge in [0.1, 0.15) is 0 Å². The molecule has 0 saturated carbocycles. The van der Waals surface area contributed by atoms with E-state index in [9.17, 15) is 33.7 Å². The van der Waals surface area contributed by atoms with E-state index in [1.807, 2.05) is 0 Å². The second-order valence-electron chi connectivity index (χ2n) is 11.3. The summed E-state index contributed by atoms with van der Waals surface area (Å²) < 4.78 is 115. The molecule has 13 heteroatoms. The normalized spacial score (nSPS) is 12.4. The van der Waals surface area contributed by atoms with Crippen LogP contribution in [0.2, 0.25) is 0 Å². The Bertz CT molecular complexity index is 2440. The van der Waals surface area contributed by atoms with Crippen LogP contribution in [0.15, 0.2) is 197 Å². The van der Waals surface area contributed by atoms with Crippen molar-refractivity contribution in [1.82, 2.24) is 0 Å². The Morgan fingerprint density at radius 3 is 0.882 bits per heavy atom. The second-order valence-corrected chi connectivity index (χ2v) is 19.0. The average molecular weight is 759 g/mol. The van der Waals surface area contributed by atoms with Gasteiger partial charge in [-0.1, -0.05) is 84.9 Å². The summed E-state index contributed by atoms with van der Waals surface area (Å²) in [5.74, 6) is 0. The molecule has 0 aliphatic rings. The van der Waals surface area contributed by atoms with Crippen LogP contribution in [0.3, 0.4) is 0 Å². The molecule has 0 fully saturated rings. The first-order chi connectivity index (χ1) is 24.3. The van der Waals surface area contributed by atoms with Crippen LogP contribution in [0.4, 0.5) is 0 Å². The molecule has 0 aromatic heterocycles. The second kappa shape index (κ2) is 14.4. The Morgan fingerprint density at radius 2 is 0.588 bits per heavy atom. The quantitative estimate of drug-likeness (QED) is 0.133. The summed E-state index contributed by atoms with van der Waals surface area (Å²) in [6, 6.07) is 37.7. The molecule has 0 aliphatic heterocycles. The zero-order chi connectivity index (χ0) is 36.3. The molecule has 9 nitrogen and oxygen atoms in total. The number of ether oxygens (including phenoxy) is 1. The van der Waals surface area contributed by atoms with Crippen LogP contribution < -0.4 is 0 Å². The van der Waals surface area contributed by atoms with Crippen molar-refractivity contribution in [3.05, 3.63) is 169 Å². The molecule has 51 heavy (non-hydrogen) atoms. The van der Waals surface area contributed by atoms with Gasteiger partial charge in [0.2, 0.25) is 39.3 Å².